The monoisotopic (exact) mass is 381 g/mol. The second kappa shape index (κ2) is 9.29. The first-order chi connectivity index (χ1) is 11.6. The van der Waals surface area contributed by atoms with Crippen molar-refractivity contribution in [3.63, 3.8) is 0 Å². The lowest BCUT2D eigenvalue weighted by molar-refractivity contribution is -0.117. The van der Waals surface area contributed by atoms with Crippen molar-refractivity contribution in [3.8, 4) is 0 Å². The predicted molar refractivity (Wildman–Crippen MR) is 104 cm³/mol. The first-order valence-electron chi connectivity index (χ1n) is 8.22. The summed E-state index contributed by atoms with van der Waals surface area (Å²) in [6, 6.07) is 6.60. The second-order valence-corrected chi connectivity index (χ2v) is 7.32. The van der Waals surface area contributed by atoms with Crippen molar-refractivity contribution < 1.29 is 9.53 Å². The summed E-state index contributed by atoms with van der Waals surface area (Å²) in [4.78, 5) is 17.6. The molecular formula is C18H24ClN3O2S. The number of ether oxygens (including phenoxy) is 1. The summed E-state index contributed by atoms with van der Waals surface area (Å²) in [5.74, 6) is -0.0231. The minimum atomic E-state index is -0.0231. The number of benzene rings is 1. The lowest BCUT2D eigenvalue weighted by atomic mass is 10.0. The summed E-state index contributed by atoms with van der Waals surface area (Å²) in [5, 5.41) is 6.83. The number of hydrogen-bond donors (Lipinski definition) is 2. The SMILES string of the molecule is Cc1ccc(Cc2cnc(NC(=O)CC3COCCN3)s2)cc1C.Cl. The van der Waals surface area contributed by atoms with Gasteiger partial charge in [-0.2, -0.15) is 0 Å². The summed E-state index contributed by atoms with van der Waals surface area (Å²) >= 11 is 1.53. The molecule has 1 atom stereocenters. The number of rotatable bonds is 5. The van der Waals surface area contributed by atoms with Crippen LogP contribution in [0.15, 0.2) is 24.4 Å². The molecule has 1 unspecified atom stereocenters. The van der Waals surface area contributed by atoms with E-state index >= 15 is 0 Å². The van der Waals surface area contributed by atoms with Crippen LogP contribution in [0.2, 0.25) is 0 Å². The van der Waals surface area contributed by atoms with Gasteiger partial charge < -0.3 is 15.4 Å². The Morgan fingerprint density at radius 1 is 1.40 bits per heavy atom. The van der Waals surface area contributed by atoms with E-state index in [9.17, 15) is 4.79 Å². The van der Waals surface area contributed by atoms with Crippen molar-refractivity contribution in [2.24, 2.45) is 0 Å². The smallest absolute Gasteiger partial charge is 0.227 e. The summed E-state index contributed by atoms with van der Waals surface area (Å²) in [5.41, 5.74) is 3.87. The van der Waals surface area contributed by atoms with Gasteiger partial charge in [-0.1, -0.05) is 18.2 Å². The standard InChI is InChI=1S/C18H23N3O2S.ClH/c1-12-3-4-14(7-13(12)2)8-16-10-20-18(24-16)21-17(22)9-15-11-23-6-5-19-15;/h3-4,7,10,15,19H,5-6,8-9,11H2,1-2H3,(H,20,21,22);1H. The number of carbonyl (C=O) groups is 1. The average Bonchev–Trinajstić information content (AvgIpc) is 2.98. The van der Waals surface area contributed by atoms with Gasteiger partial charge in [0, 0.05) is 36.5 Å². The Kier molecular flexibility index (Phi) is 7.38. The topological polar surface area (TPSA) is 63.2 Å². The van der Waals surface area contributed by atoms with E-state index in [-0.39, 0.29) is 24.4 Å². The molecule has 1 aromatic heterocycles. The van der Waals surface area contributed by atoms with Crippen LogP contribution in [-0.4, -0.2) is 36.7 Å². The minimum absolute atomic E-state index is 0. The third-order valence-electron chi connectivity index (χ3n) is 4.18. The normalized spacial score (nSPS) is 17.0. The molecule has 7 heteroatoms. The highest BCUT2D eigenvalue weighted by Crippen LogP contribution is 2.22. The minimum Gasteiger partial charge on any atom is -0.378 e. The highest BCUT2D eigenvalue weighted by atomic mass is 35.5. The highest BCUT2D eigenvalue weighted by molar-refractivity contribution is 7.15. The summed E-state index contributed by atoms with van der Waals surface area (Å²) < 4.78 is 5.37. The van der Waals surface area contributed by atoms with E-state index < -0.39 is 0 Å². The molecule has 1 fully saturated rings. The summed E-state index contributed by atoms with van der Waals surface area (Å²) in [6.45, 7) is 6.34. The Hall–Kier alpha value is -1.47. The van der Waals surface area contributed by atoms with Crippen LogP contribution in [0.5, 0.6) is 0 Å². The maximum Gasteiger partial charge on any atom is 0.227 e. The molecule has 1 amide bonds. The van der Waals surface area contributed by atoms with Gasteiger partial charge in [0.2, 0.25) is 5.91 Å². The third kappa shape index (κ3) is 5.78. The van der Waals surface area contributed by atoms with Crippen molar-refractivity contribution in [2.75, 3.05) is 25.1 Å². The largest absolute Gasteiger partial charge is 0.378 e. The fourth-order valence-electron chi connectivity index (χ4n) is 2.71. The number of aromatic nitrogens is 1. The number of nitrogens with one attached hydrogen (secondary N) is 2. The van der Waals surface area contributed by atoms with Gasteiger partial charge in [0.15, 0.2) is 5.13 Å². The van der Waals surface area contributed by atoms with E-state index in [1.165, 1.54) is 28.0 Å². The van der Waals surface area contributed by atoms with Gasteiger partial charge >= 0.3 is 0 Å². The molecule has 1 aromatic carbocycles. The third-order valence-corrected chi connectivity index (χ3v) is 5.09. The molecule has 136 valence electrons. The lowest BCUT2D eigenvalue weighted by Crippen LogP contribution is -2.43. The number of nitrogens with zero attached hydrogens (tertiary/aromatic N) is 1. The van der Waals surface area contributed by atoms with Gasteiger partial charge in [-0.3, -0.25) is 4.79 Å². The van der Waals surface area contributed by atoms with Crippen molar-refractivity contribution in [1.82, 2.24) is 10.3 Å². The van der Waals surface area contributed by atoms with E-state index in [4.69, 9.17) is 4.74 Å². The fraction of sp³-hybridized carbons (Fsp3) is 0.444. The van der Waals surface area contributed by atoms with Crippen LogP contribution < -0.4 is 10.6 Å². The molecule has 0 radical (unpaired) electrons. The van der Waals surface area contributed by atoms with Crippen molar-refractivity contribution in [3.05, 3.63) is 46.0 Å². The van der Waals surface area contributed by atoms with Crippen LogP contribution in [0, 0.1) is 13.8 Å². The number of halogens is 1. The number of amides is 1. The molecule has 1 aliphatic rings. The predicted octanol–water partition coefficient (Wildman–Crippen LogP) is 3.09. The van der Waals surface area contributed by atoms with E-state index in [1.807, 2.05) is 6.20 Å². The number of thiazole rings is 1. The second-order valence-electron chi connectivity index (χ2n) is 6.21. The van der Waals surface area contributed by atoms with Crippen LogP contribution >= 0.6 is 23.7 Å². The number of anilines is 1. The van der Waals surface area contributed by atoms with Gasteiger partial charge in [0.1, 0.15) is 0 Å². The maximum absolute atomic E-state index is 12.1. The highest BCUT2D eigenvalue weighted by Gasteiger charge is 2.17. The van der Waals surface area contributed by atoms with E-state index in [0.717, 1.165) is 17.8 Å². The molecule has 3 rings (SSSR count). The van der Waals surface area contributed by atoms with Crippen LogP contribution in [0.3, 0.4) is 0 Å². The zero-order chi connectivity index (χ0) is 16.9. The molecule has 0 bridgehead atoms. The molecule has 0 spiro atoms. The molecule has 1 aliphatic heterocycles. The van der Waals surface area contributed by atoms with Gasteiger partial charge in [-0.15, -0.1) is 23.7 Å². The van der Waals surface area contributed by atoms with Crippen LogP contribution in [0.1, 0.15) is 28.0 Å². The van der Waals surface area contributed by atoms with Gasteiger partial charge in [-0.25, -0.2) is 4.98 Å². The first-order valence-corrected chi connectivity index (χ1v) is 9.03. The molecule has 2 heterocycles. The van der Waals surface area contributed by atoms with Crippen molar-refractivity contribution in [2.45, 2.75) is 32.7 Å². The Morgan fingerprint density at radius 3 is 2.96 bits per heavy atom. The molecule has 1 saturated heterocycles. The zero-order valence-corrected chi connectivity index (χ0v) is 16.1. The Morgan fingerprint density at radius 2 is 2.24 bits per heavy atom. The van der Waals surface area contributed by atoms with Crippen molar-refractivity contribution >= 4 is 34.8 Å². The van der Waals surface area contributed by atoms with Crippen LogP contribution in [0.25, 0.3) is 0 Å². The van der Waals surface area contributed by atoms with Crippen LogP contribution in [-0.2, 0) is 16.0 Å². The number of morpholine rings is 1. The van der Waals surface area contributed by atoms with Gasteiger partial charge in [-0.05, 0) is 30.5 Å². The fourth-order valence-corrected chi connectivity index (χ4v) is 3.57. The quantitative estimate of drug-likeness (QED) is 0.835. The Labute approximate surface area is 158 Å². The molecule has 2 N–H and O–H groups in total. The Bertz CT molecular complexity index is 714. The number of aryl methyl sites for hydroxylation is 2. The number of hydrogen-bond acceptors (Lipinski definition) is 5. The molecule has 0 aliphatic carbocycles. The van der Waals surface area contributed by atoms with E-state index in [0.29, 0.717) is 24.8 Å². The summed E-state index contributed by atoms with van der Waals surface area (Å²) in [7, 11) is 0. The molecule has 2 aromatic rings. The number of carbonyl (C=O) groups excluding carboxylic acids is 1. The Balaban J connectivity index is 0.00000225. The van der Waals surface area contributed by atoms with Crippen LogP contribution in [0.4, 0.5) is 5.13 Å². The first kappa shape index (κ1) is 19.8. The van der Waals surface area contributed by atoms with Gasteiger partial charge in [0.05, 0.1) is 13.2 Å². The van der Waals surface area contributed by atoms with E-state index in [2.05, 4.69) is 47.7 Å². The maximum atomic E-state index is 12.1. The molecule has 5 nitrogen and oxygen atoms in total. The summed E-state index contributed by atoms with van der Waals surface area (Å²) in [6.07, 6.45) is 3.09. The van der Waals surface area contributed by atoms with Crippen molar-refractivity contribution in [1.29, 1.82) is 0 Å². The lowest BCUT2D eigenvalue weighted by Gasteiger charge is -2.22. The zero-order valence-electron chi connectivity index (χ0n) is 14.5. The van der Waals surface area contributed by atoms with Gasteiger partial charge in [0.25, 0.3) is 0 Å². The molecular weight excluding hydrogens is 358 g/mol. The van der Waals surface area contributed by atoms with E-state index in [1.54, 1.807) is 0 Å². The molecule has 25 heavy (non-hydrogen) atoms. The average molecular weight is 382 g/mol. The molecule has 0 saturated carbocycles.